The second-order valence-corrected chi connectivity index (χ2v) is 6.52. The Balaban J connectivity index is 1.88. The average Bonchev–Trinajstić information content (AvgIpc) is 2.71. The summed E-state index contributed by atoms with van der Waals surface area (Å²) in [6, 6.07) is 12.2. The summed E-state index contributed by atoms with van der Waals surface area (Å²) in [6.07, 6.45) is 2.78. The van der Waals surface area contributed by atoms with Crippen molar-refractivity contribution in [2.45, 2.75) is 6.61 Å². The first-order valence-corrected chi connectivity index (χ1v) is 8.99. The summed E-state index contributed by atoms with van der Waals surface area (Å²) in [5, 5.41) is 11.7. The van der Waals surface area contributed by atoms with Crippen LogP contribution in [0.2, 0.25) is 5.02 Å². The molecule has 30 heavy (non-hydrogen) atoms. The molecule has 0 aliphatic heterocycles. The van der Waals surface area contributed by atoms with Gasteiger partial charge in [-0.1, -0.05) is 35.9 Å². The van der Waals surface area contributed by atoms with E-state index in [1.54, 1.807) is 30.3 Å². The monoisotopic (exact) mass is 429 g/mol. The second-order valence-electron chi connectivity index (χ2n) is 6.09. The van der Waals surface area contributed by atoms with E-state index in [0.29, 0.717) is 22.1 Å². The van der Waals surface area contributed by atoms with Crippen LogP contribution in [0.3, 0.4) is 0 Å². The molecule has 0 aliphatic carbocycles. The van der Waals surface area contributed by atoms with Crippen molar-refractivity contribution in [2.75, 3.05) is 7.11 Å². The number of halogens is 1. The molecule has 0 fully saturated rings. The standard InChI is InChI=1S/C20H16ClN3O6/c1-29-16-9-5-12(10-17(16)30-11-13-2-6-14(21)7-3-13)4-8-15-18(24(27)28)19(25)23-20(26)22-15/h2-10H,11H2,1H3,(H2,22,23,25,26). The maximum absolute atomic E-state index is 11.7. The average molecular weight is 430 g/mol. The summed E-state index contributed by atoms with van der Waals surface area (Å²) >= 11 is 5.88. The lowest BCUT2D eigenvalue weighted by Gasteiger charge is -2.11. The fourth-order valence-electron chi connectivity index (χ4n) is 2.63. The van der Waals surface area contributed by atoms with Gasteiger partial charge in [-0.25, -0.2) is 4.79 Å². The van der Waals surface area contributed by atoms with Crippen molar-refractivity contribution >= 4 is 29.4 Å². The highest BCUT2D eigenvalue weighted by Gasteiger charge is 2.18. The smallest absolute Gasteiger partial charge is 0.357 e. The van der Waals surface area contributed by atoms with Crippen molar-refractivity contribution in [1.82, 2.24) is 9.97 Å². The zero-order chi connectivity index (χ0) is 21.7. The maximum atomic E-state index is 11.7. The van der Waals surface area contributed by atoms with E-state index in [0.717, 1.165) is 5.56 Å². The first kappa shape index (κ1) is 20.9. The zero-order valence-electron chi connectivity index (χ0n) is 15.7. The molecule has 0 aliphatic rings. The Morgan fingerprint density at radius 2 is 1.80 bits per heavy atom. The van der Waals surface area contributed by atoms with E-state index >= 15 is 0 Å². The van der Waals surface area contributed by atoms with Gasteiger partial charge in [0.25, 0.3) is 0 Å². The molecular weight excluding hydrogens is 414 g/mol. The van der Waals surface area contributed by atoms with E-state index in [1.807, 2.05) is 17.1 Å². The van der Waals surface area contributed by atoms with Gasteiger partial charge in [0.05, 0.1) is 12.0 Å². The van der Waals surface area contributed by atoms with Crippen LogP contribution in [0.1, 0.15) is 16.8 Å². The summed E-state index contributed by atoms with van der Waals surface area (Å²) in [5.41, 5.74) is -1.37. The molecule has 3 rings (SSSR count). The zero-order valence-corrected chi connectivity index (χ0v) is 16.4. The minimum atomic E-state index is -1.08. The second kappa shape index (κ2) is 9.10. The van der Waals surface area contributed by atoms with Gasteiger partial charge in [0.1, 0.15) is 12.3 Å². The van der Waals surface area contributed by atoms with Crippen molar-refractivity contribution < 1.29 is 14.4 Å². The minimum absolute atomic E-state index is 0.215. The Labute approximate surface area is 174 Å². The Hall–Kier alpha value is -3.85. The number of nitrogens with one attached hydrogen (secondary N) is 2. The van der Waals surface area contributed by atoms with Gasteiger partial charge < -0.3 is 14.5 Å². The number of hydrogen-bond donors (Lipinski definition) is 2. The lowest BCUT2D eigenvalue weighted by Crippen LogP contribution is -2.25. The quantitative estimate of drug-likeness (QED) is 0.437. The van der Waals surface area contributed by atoms with Crippen LogP contribution in [-0.2, 0) is 6.61 Å². The van der Waals surface area contributed by atoms with Crippen LogP contribution in [0, 0.1) is 10.1 Å². The van der Waals surface area contributed by atoms with E-state index < -0.39 is 21.9 Å². The fourth-order valence-corrected chi connectivity index (χ4v) is 2.76. The van der Waals surface area contributed by atoms with E-state index in [1.165, 1.54) is 19.3 Å². The Bertz CT molecular complexity index is 1210. The van der Waals surface area contributed by atoms with E-state index in [9.17, 15) is 19.7 Å². The number of nitro groups is 1. The number of hydrogen-bond acceptors (Lipinski definition) is 6. The van der Waals surface area contributed by atoms with Gasteiger partial charge >= 0.3 is 16.9 Å². The number of aromatic nitrogens is 2. The Morgan fingerprint density at radius 3 is 2.47 bits per heavy atom. The van der Waals surface area contributed by atoms with Crippen molar-refractivity contribution in [3.05, 3.63) is 95.3 Å². The number of methoxy groups -OCH3 is 1. The first-order valence-electron chi connectivity index (χ1n) is 8.61. The van der Waals surface area contributed by atoms with Crippen molar-refractivity contribution in [2.24, 2.45) is 0 Å². The molecule has 3 aromatic rings. The van der Waals surface area contributed by atoms with Crippen LogP contribution in [0.5, 0.6) is 11.5 Å². The topological polar surface area (TPSA) is 127 Å². The van der Waals surface area contributed by atoms with Crippen LogP contribution in [0.25, 0.3) is 12.2 Å². The highest BCUT2D eigenvalue weighted by Crippen LogP contribution is 2.30. The molecule has 1 heterocycles. The van der Waals surface area contributed by atoms with Crippen LogP contribution in [0.15, 0.2) is 52.1 Å². The largest absolute Gasteiger partial charge is 0.493 e. The number of ether oxygens (including phenoxy) is 2. The predicted molar refractivity (Wildman–Crippen MR) is 112 cm³/mol. The Kier molecular flexibility index (Phi) is 6.33. The van der Waals surface area contributed by atoms with Gasteiger partial charge in [-0.3, -0.25) is 19.9 Å². The van der Waals surface area contributed by atoms with Crippen molar-refractivity contribution in [3.8, 4) is 11.5 Å². The molecule has 0 radical (unpaired) electrons. The van der Waals surface area contributed by atoms with Crippen molar-refractivity contribution in [3.63, 3.8) is 0 Å². The third kappa shape index (κ3) is 4.95. The number of nitrogens with zero attached hydrogens (tertiary/aromatic N) is 1. The lowest BCUT2D eigenvalue weighted by molar-refractivity contribution is -0.386. The molecule has 10 heteroatoms. The maximum Gasteiger partial charge on any atom is 0.357 e. The molecule has 154 valence electrons. The third-order valence-electron chi connectivity index (χ3n) is 4.07. The molecule has 2 N–H and O–H groups in total. The lowest BCUT2D eigenvalue weighted by atomic mass is 10.1. The molecule has 0 amide bonds. The molecule has 0 spiro atoms. The number of benzene rings is 2. The molecule has 9 nitrogen and oxygen atoms in total. The van der Waals surface area contributed by atoms with Gasteiger partial charge in [-0.05, 0) is 41.5 Å². The van der Waals surface area contributed by atoms with Gasteiger partial charge in [0.2, 0.25) is 0 Å². The summed E-state index contributed by atoms with van der Waals surface area (Å²) in [5.74, 6) is 0.945. The van der Waals surface area contributed by atoms with Crippen molar-refractivity contribution in [1.29, 1.82) is 0 Å². The summed E-state index contributed by atoms with van der Waals surface area (Å²) in [4.78, 5) is 37.5. The minimum Gasteiger partial charge on any atom is -0.493 e. The van der Waals surface area contributed by atoms with Crippen LogP contribution < -0.4 is 20.7 Å². The van der Waals surface area contributed by atoms with E-state index in [-0.39, 0.29) is 12.3 Å². The number of aromatic amines is 2. The van der Waals surface area contributed by atoms with E-state index in [2.05, 4.69) is 4.98 Å². The SMILES string of the molecule is COc1ccc(C=Cc2[nH]c(=O)[nH]c(=O)c2[N+](=O)[O-])cc1OCc1ccc(Cl)cc1. The first-order chi connectivity index (χ1) is 14.4. The van der Waals surface area contributed by atoms with Gasteiger partial charge in [-0.15, -0.1) is 0 Å². The van der Waals surface area contributed by atoms with Crippen LogP contribution >= 0.6 is 11.6 Å². The molecule has 2 aromatic carbocycles. The van der Waals surface area contributed by atoms with E-state index in [4.69, 9.17) is 21.1 Å². The normalized spacial score (nSPS) is 10.9. The fraction of sp³-hybridized carbons (Fsp3) is 0.100. The van der Waals surface area contributed by atoms with Gasteiger partial charge in [0.15, 0.2) is 11.5 Å². The van der Waals surface area contributed by atoms with Crippen LogP contribution in [0.4, 0.5) is 5.69 Å². The third-order valence-corrected chi connectivity index (χ3v) is 4.32. The Morgan fingerprint density at radius 1 is 1.07 bits per heavy atom. The number of H-pyrrole nitrogens is 2. The number of rotatable bonds is 7. The highest BCUT2D eigenvalue weighted by molar-refractivity contribution is 6.30. The molecule has 0 unspecified atom stereocenters. The molecule has 0 saturated carbocycles. The highest BCUT2D eigenvalue weighted by atomic mass is 35.5. The van der Waals surface area contributed by atoms with Crippen LogP contribution in [-0.4, -0.2) is 22.0 Å². The molecule has 0 saturated heterocycles. The van der Waals surface area contributed by atoms with Gasteiger partial charge in [-0.2, -0.15) is 0 Å². The molecule has 0 bridgehead atoms. The molecule has 1 aromatic heterocycles. The molecular formula is C20H16ClN3O6. The summed E-state index contributed by atoms with van der Waals surface area (Å²) in [6.45, 7) is 0.271. The summed E-state index contributed by atoms with van der Waals surface area (Å²) in [7, 11) is 1.50. The predicted octanol–water partition coefficient (Wildman–Crippen LogP) is 3.38. The van der Waals surface area contributed by atoms with Gasteiger partial charge in [0, 0.05) is 5.02 Å². The summed E-state index contributed by atoms with van der Waals surface area (Å²) < 4.78 is 11.1. The molecule has 0 atom stereocenters.